The van der Waals surface area contributed by atoms with Crippen molar-refractivity contribution in [2.75, 3.05) is 101 Å². The average molecular weight is 673 g/mol. The first kappa shape index (κ1) is 44.3. The van der Waals surface area contributed by atoms with E-state index in [-0.39, 0.29) is 32.7 Å². The van der Waals surface area contributed by atoms with Crippen LogP contribution < -0.4 is 21.7 Å². The van der Waals surface area contributed by atoms with Gasteiger partial charge in [0.15, 0.2) is 0 Å². The molecule has 0 atom stereocenters. The van der Waals surface area contributed by atoms with Crippen LogP contribution in [0.5, 0.6) is 0 Å². The van der Waals surface area contributed by atoms with Gasteiger partial charge in [-0.3, -0.25) is 43.2 Å². The Morgan fingerprint density at radius 2 is 0.915 bits per heavy atom. The van der Waals surface area contributed by atoms with Crippen molar-refractivity contribution >= 4 is 53.7 Å². The van der Waals surface area contributed by atoms with Crippen LogP contribution in [0, 0.1) is 0 Å². The van der Waals surface area contributed by atoms with E-state index in [0.717, 1.165) is 35.9 Å². The zero-order chi connectivity index (χ0) is 36.9. The fourth-order valence-electron chi connectivity index (χ4n) is 3.23. The first-order valence-electron chi connectivity index (χ1n) is 14.7. The second-order valence-electron chi connectivity index (χ2n) is 11.0. The zero-order valence-electron chi connectivity index (χ0n) is 29.0. The van der Waals surface area contributed by atoms with E-state index in [2.05, 4.69) is 36.7 Å². The average Bonchev–Trinajstić information content (AvgIpc) is 2.98. The van der Waals surface area contributed by atoms with Crippen LogP contribution in [0.15, 0.2) is 0 Å². The third kappa shape index (κ3) is 21.5. The summed E-state index contributed by atoms with van der Waals surface area (Å²) in [7, 11) is 8.11. The largest absolute Gasteiger partial charge is 0.368 e. The molecule has 0 aromatic carbocycles. The fraction of sp³-hybridized carbons (Fsp3) is 0.679. The lowest BCUT2D eigenvalue weighted by atomic mass is 10.3. The van der Waals surface area contributed by atoms with Crippen LogP contribution in [0.25, 0.3) is 0 Å². The van der Waals surface area contributed by atoms with Crippen molar-refractivity contribution in [2.24, 2.45) is 5.73 Å². The van der Waals surface area contributed by atoms with Gasteiger partial charge in [-0.15, -0.1) is 0 Å². The molecule has 0 radical (unpaired) electrons. The highest BCUT2D eigenvalue weighted by molar-refractivity contribution is 5.92. The zero-order valence-corrected chi connectivity index (χ0v) is 29.0. The summed E-state index contributed by atoms with van der Waals surface area (Å²) in [4.78, 5) is 113. The highest BCUT2D eigenvalue weighted by Crippen LogP contribution is 1.95. The summed E-state index contributed by atoms with van der Waals surface area (Å²) in [5.74, 6) is -4.81. The molecule has 268 valence electrons. The Morgan fingerprint density at radius 3 is 1.23 bits per heavy atom. The Balaban J connectivity index is 0. The van der Waals surface area contributed by atoms with Gasteiger partial charge >= 0.3 is 0 Å². The summed E-state index contributed by atoms with van der Waals surface area (Å²) in [6.07, 6.45) is 0.472. The summed E-state index contributed by atoms with van der Waals surface area (Å²) >= 11 is 0. The van der Waals surface area contributed by atoms with Crippen LogP contribution in [0.1, 0.15) is 20.8 Å². The van der Waals surface area contributed by atoms with E-state index in [0.29, 0.717) is 12.5 Å². The lowest BCUT2D eigenvalue weighted by Crippen LogP contribution is -2.48. The Morgan fingerprint density at radius 1 is 0.574 bits per heavy atom. The number of carbonyl (C=O) groups is 9. The molecule has 0 bridgehead atoms. The summed E-state index contributed by atoms with van der Waals surface area (Å²) < 4.78 is 0. The van der Waals surface area contributed by atoms with E-state index in [1.807, 2.05) is 0 Å². The molecule has 47 heavy (non-hydrogen) atoms. The van der Waals surface area contributed by atoms with Gasteiger partial charge in [0.05, 0.1) is 52.4 Å². The molecule has 0 saturated carbocycles. The van der Waals surface area contributed by atoms with E-state index < -0.39 is 66.9 Å². The molecule has 19 nitrogen and oxygen atoms in total. The first-order valence-corrected chi connectivity index (χ1v) is 14.7. The number of hydrogen-bond acceptors (Lipinski definition) is 10. The molecule has 5 N–H and O–H groups in total. The van der Waals surface area contributed by atoms with Gasteiger partial charge < -0.3 is 51.1 Å². The van der Waals surface area contributed by atoms with Crippen LogP contribution in [-0.4, -0.2) is 190 Å². The Kier molecular flexibility index (Phi) is 22.2. The maximum atomic E-state index is 12.4. The number of nitrogens with zero attached hydrogens (tertiary/aromatic N) is 6. The smallest absolute Gasteiger partial charge is 0.242 e. The topological polar surface area (TPSA) is 235 Å². The van der Waals surface area contributed by atoms with Crippen LogP contribution >= 0.6 is 0 Å². The monoisotopic (exact) mass is 672 g/mol. The summed E-state index contributed by atoms with van der Waals surface area (Å²) in [5, 5.41) is 7.78. The van der Waals surface area contributed by atoms with Crippen molar-refractivity contribution in [1.82, 2.24) is 45.3 Å². The molecular weight excluding hydrogens is 620 g/mol. The number of nitrogens with two attached hydrogens (primary N) is 1. The van der Waals surface area contributed by atoms with Gasteiger partial charge in [0, 0.05) is 48.3 Å². The molecule has 0 aliphatic carbocycles. The molecule has 0 rings (SSSR count). The lowest BCUT2D eigenvalue weighted by Gasteiger charge is -2.24. The first-order chi connectivity index (χ1) is 21.7. The third-order valence-electron chi connectivity index (χ3n) is 6.08. The SMILES string of the molecule is CCNC(C)C.CN(C=O)CC(=O)N(C)CC(=O)N(C)CC(=O)NCC(=O)N(C)CC(=O)N(C)CC(=O)N(C)CC(=O)NCC(N)=O. The molecule has 0 aromatic heterocycles. The molecule has 0 aliphatic heterocycles. The Hall–Kier alpha value is -4.81. The minimum Gasteiger partial charge on any atom is -0.368 e. The minimum absolute atomic E-state index is 0.211. The van der Waals surface area contributed by atoms with Gasteiger partial charge in [-0.05, 0) is 6.54 Å². The lowest BCUT2D eigenvalue weighted by molar-refractivity contribution is -0.143. The third-order valence-corrected chi connectivity index (χ3v) is 6.08. The number of primary amides is 1. The molecule has 9 amide bonds. The summed E-state index contributed by atoms with van der Waals surface area (Å²) in [6, 6.07) is 0.648. The van der Waals surface area contributed by atoms with Crippen LogP contribution in [0.3, 0.4) is 0 Å². The van der Waals surface area contributed by atoms with Crippen molar-refractivity contribution < 1.29 is 43.2 Å². The van der Waals surface area contributed by atoms with Crippen LogP contribution in [-0.2, 0) is 43.2 Å². The van der Waals surface area contributed by atoms with Crippen LogP contribution in [0.2, 0.25) is 0 Å². The molecular formula is C28H52N10O9. The second-order valence-corrected chi connectivity index (χ2v) is 11.0. The van der Waals surface area contributed by atoms with Gasteiger partial charge in [-0.2, -0.15) is 0 Å². The molecule has 0 aliphatic rings. The number of likely N-dealkylation sites (N-methyl/N-ethyl adjacent to an activating group) is 6. The Labute approximate surface area is 276 Å². The standard InChI is InChI=1S/C23H39N9O9.C5H13N/c1-27(15-33)11-20(38)31(5)13-21(39)29(3)10-18(36)26-8-19(37)30(4)12-23(41)32(6)14-22(40)28(2)9-17(35)25-7-16(24)34;1-4-6-5(2)3/h15H,7-14H2,1-6H3,(H2,24,34)(H,25,35)(H,26,36);5-6H,4H2,1-3H3. The molecule has 0 unspecified atom stereocenters. The molecule has 0 aromatic rings. The van der Waals surface area contributed by atoms with Gasteiger partial charge in [-0.25, -0.2) is 0 Å². The van der Waals surface area contributed by atoms with Crippen molar-refractivity contribution in [3.05, 3.63) is 0 Å². The fourth-order valence-corrected chi connectivity index (χ4v) is 3.23. The Bertz CT molecular complexity index is 1100. The number of carbonyl (C=O) groups excluding carboxylic acids is 9. The molecule has 0 spiro atoms. The second kappa shape index (κ2) is 23.5. The number of rotatable bonds is 19. The van der Waals surface area contributed by atoms with E-state index >= 15 is 0 Å². The molecule has 0 fully saturated rings. The highest BCUT2D eigenvalue weighted by Gasteiger charge is 2.22. The van der Waals surface area contributed by atoms with Gasteiger partial charge in [-0.1, -0.05) is 20.8 Å². The normalized spacial score (nSPS) is 10.0. The quantitative estimate of drug-likeness (QED) is 0.0955. The van der Waals surface area contributed by atoms with Crippen molar-refractivity contribution in [2.45, 2.75) is 26.8 Å². The number of nitrogens with one attached hydrogen (secondary N) is 3. The van der Waals surface area contributed by atoms with E-state index in [1.54, 1.807) is 0 Å². The molecule has 0 saturated heterocycles. The maximum Gasteiger partial charge on any atom is 0.242 e. The van der Waals surface area contributed by atoms with Crippen molar-refractivity contribution in [3.63, 3.8) is 0 Å². The van der Waals surface area contributed by atoms with E-state index in [9.17, 15) is 43.2 Å². The van der Waals surface area contributed by atoms with Gasteiger partial charge in [0.1, 0.15) is 0 Å². The van der Waals surface area contributed by atoms with E-state index in [1.165, 1.54) is 42.3 Å². The predicted octanol–water partition coefficient (Wildman–Crippen LogP) is -4.91. The van der Waals surface area contributed by atoms with Crippen molar-refractivity contribution in [1.29, 1.82) is 0 Å². The number of amides is 9. The minimum atomic E-state index is -0.742. The summed E-state index contributed by atoms with van der Waals surface area (Å²) in [6.45, 7) is 4.55. The van der Waals surface area contributed by atoms with Gasteiger partial charge in [0.2, 0.25) is 53.7 Å². The molecule has 0 heterocycles. The highest BCUT2D eigenvalue weighted by atomic mass is 16.2. The van der Waals surface area contributed by atoms with Gasteiger partial charge in [0.25, 0.3) is 0 Å². The summed E-state index contributed by atoms with van der Waals surface area (Å²) in [5.41, 5.74) is 4.93. The predicted molar refractivity (Wildman–Crippen MR) is 171 cm³/mol. The van der Waals surface area contributed by atoms with E-state index in [4.69, 9.17) is 5.73 Å². The van der Waals surface area contributed by atoms with Crippen LogP contribution in [0.4, 0.5) is 0 Å². The number of hydrogen-bond donors (Lipinski definition) is 4. The maximum absolute atomic E-state index is 12.4. The van der Waals surface area contributed by atoms with Crippen molar-refractivity contribution in [3.8, 4) is 0 Å². The molecule has 19 heteroatoms.